The predicted molar refractivity (Wildman–Crippen MR) is 80.7 cm³/mol. The predicted octanol–water partition coefficient (Wildman–Crippen LogP) is 3.34. The molecule has 1 N–H and O–H groups in total. The van der Waals surface area contributed by atoms with Gasteiger partial charge >= 0.3 is 0 Å². The van der Waals surface area contributed by atoms with E-state index in [1.54, 1.807) is 0 Å². The topological polar surface area (TPSA) is 29.9 Å². The van der Waals surface area contributed by atoms with Crippen LogP contribution in [0.3, 0.4) is 0 Å². The maximum absolute atomic E-state index is 6.39. The molecule has 1 saturated carbocycles. The van der Waals surface area contributed by atoms with E-state index in [2.05, 4.69) is 17.3 Å². The van der Waals surface area contributed by atoms with Gasteiger partial charge in [0, 0.05) is 7.05 Å². The van der Waals surface area contributed by atoms with Gasteiger partial charge in [0.05, 0.1) is 16.4 Å². The molecule has 0 bridgehead atoms. The van der Waals surface area contributed by atoms with Crippen LogP contribution in [0.5, 0.6) is 0 Å². The summed E-state index contributed by atoms with van der Waals surface area (Å²) in [6.45, 7) is 6.38. The zero-order chi connectivity index (χ0) is 13.8. The average molecular weight is 284 g/mol. The van der Waals surface area contributed by atoms with E-state index < -0.39 is 0 Å². The van der Waals surface area contributed by atoms with Crippen LogP contribution in [0.15, 0.2) is 0 Å². The molecule has 0 amide bonds. The highest BCUT2D eigenvalue weighted by molar-refractivity contribution is 6.31. The number of nitrogens with one attached hydrogen (secondary N) is 1. The number of halogens is 1. The third kappa shape index (κ3) is 3.51. The van der Waals surface area contributed by atoms with E-state index in [1.165, 1.54) is 31.4 Å². The first kappa shape index (κ1) is 14.9. The highest BCUT2D eigenvalue weighted by Gasteiger charge is 2.27. The van der Waals surface area contributed by atoms with Gasteiger partial charge in [-0.2, -0.15) is 5.10 Å². The van der Waals surface area contributed by atoms with Crippen molar-refractivity contribution in [3.05, 3.63) is 16.4 Å². The molecule has 1 aliphatic rings. The molecule has 3 nitrogen and oxygen atoms in total. The van der Waals surface area contributed by atoms with Gasteiger partial charge in [-0.25, -0.2) is 0 Å². The molecule has 1 heterocycles. The lowest BCUT2D eigenvalue weighted by molar-refractivity contribution is 0.227. The standard InChI is InChI=1S/C15H26ClN3/c1-4-17-10-13-8-6-5-7-12(13)9-14-15(16)11(2)18-19(14)3/h12-13,17H,4-10H2,1-3H3. The number of rotatable bonds is 5. The fourth-order valence-electron chi connectivity index (χ4n) is 3.30. The van der Waals surface area contributed by atoms with E-state index in [9.17, 15) is 0 Å². The molecule has 0 spiro atoms. The van der Waals surface area contributed by atoms with Gasteiger partial charge in [-0.15, -0.1) is 0 Å². The van der Waals surface area contributed by atoms with E-state index in [1.807, 2.05) is 18.7 Å². The van der Waals surface area contributed by atoms with E-state index in [-0.39, 0.29) is 0 Å². The molecule has 108 valence electrons. The van der Waals surface area contributed by atoms with Gasteiger partial charge in [0.25, 0.3) is 0 Å². The normalized spacial score (nSPS) is 23.8. The summed E-state index contributed by atoms with van der Waals surface area (Å²) >= 11 is 6.39. The molecule has 19 heavy (non-hydrogen) atoms. The Labute approximate surface area is 121 Å². The first-order valence-corrected chi connectivity index (χ1v) is 7.90. The van der Waals surface area contributed by atoms with Crippen LogP contribution in [-0.4, -0.2) is 22.9 Å². The summed E-state index contributed by atoms with van der Waals surface area (Å²) in [5, 5.41) is 8.82. The number of nitrogens with zero attached hydrogens (tertiary/aromatic N) is 2. The Balaban J connectivity index is 2.06. The number of hydrogen-bond donors (Lipinski definition) is 1. The minimum atomic E-state index is 0.750. The maximum atomic E-state index is 6.39. The lowest BCUT2D eigenvalue weighted by Gasteiger charge is -2.32. The molecule has 0 saturated heterocycles. The van der Waals surface area contributed by atoms with E-state index in [4.69, 9.17) is 11.6 Å². The molecular weight excluding hydrogens is 258 g/mol. The van der Waals surface area contributed by atoms with Gasteiger partial charge in [0.15, 0.2) is 0 Å². The van der Waals surface area contributed by atoms with E-state index >= 15 is 0 Å². The van der Waals surface area contributed by atoms with Gasteiger partial charge in [-0.3, -0.25) is 4.68 Å². The Hall–Kier alpha value is -0.540. The Kier molecular flexibility index (Phi) is 5.28. The number of aryl methyl sites for hydroxylation is 2. The second kappa shape index (κ2) is 6.76. The van der Waals surface area contributed by atoms with Crippen molar-refractivity contribution in [1.29, 1.82) is 0 Å². The SMILES string of the molecule is CCNCC1CCCCC1Cc1c(Cl)c(C)nn1C. The number of aromatic nitrogens is 2. The van der Waals surface area contributed by atoms with Crippen molar-refractivity contribution in [1.82, 2.24) is 15.1 Å². The molecule has 1 fully saturated rings. The molecule has 1 aliphatic carbocycles. The summed E-state index contributed by atoms with van der Waals surface area (Å²) in [4.78, 5) is 0. The molecule has 1 aromatic rings. The first-order chi connectivity index (χ1) is 9.13. The molecule has 2 atom stereocenters. The molecule has 0 aliphatic heterocycles. The minimum absolute atomic E-state index is 0.750. The lowest BCUT2D eigenvalue weighted by atomic mass is 9.77. The highest BCUT2D eigenvalue weighted by Crippen LogP contribution is 2.34. The number of hydrogen-bond acceptors (Lipinski definition) is 2. The average Bonchev–Trinajstić information content (AvgIpc) is 2.64. The van der Waals surface area contributed by atoms with Crippen LogP contribution < -0.4 is 5.32 Å². The van der Waals surface area contributed by atoms with E-state index in [0.29, 0.717) is 0 Å². The van der Waals surface area contributed by atoms with Gasteiger partial charge in [-0.05, 0) is 51.1 Å². The Morgan fingerprint density at radius 3 is 2.58 bits per heavy atom. The Morgan fingerprint density at radius 2 is 2.00 bits per heavy atom. The van der Waals surface area contributed by atoms with Crippen LogP contribution in [0.1, 0.15) is 44.0 Å². The van der Waals surface area contributed by atoms with Crippen LogP contribution in [0.4, 0.5) is 0 Å². The second-order valence-corrected chi connectivity index (χ2v) is 6.16. The van der Waals surface area contributed by atoms with Crippen LogP contribution in [0.25, 0.3) is 0 Å². The fraction of sp³-hybridized carbons (Fsp3) is 0.800. The lowest BCUT2D eigenvalue weighted by Crippen LogP contribution is -2.32. The summed E-state index contributed by atoms with van der Waals surface area (Å²) in [7, 11) is 2.01. The van der Waals surface area contributed by atoms with Crippen molar-refractivity contribution < 1.29 is 0 Å². The zero-order valence-corrected chi connectivity index (χ0v) is 13.1. The van der Waals surface area contributed by atoms with Crippen molar-refractivity contribution in [3.8, 4) is 0 Å². The largest absolute Gasteiger partial charge is 0.317 e. The molecule has 2 unspecified atom stereocenters. The molecule has 4 heteroatoms. The monoisotopic (exact) mass is 283 g/mol. The van der Waals surface area contributed by atoms with Gasteiger partial charge in [0.2, 0.25) is 0 Å². The summed E-state index contributed by atoms with van der Waals surface area (Å²) in [5.74, 6) is 1.54. The van der Waals surface area contributed by atoms with Crippen molar-refractivity contribution in [3.63, 3.8) is 0 Å². The molecule has 1 aromatic heterocycles. The summed E-state index contributed by atoms with van der Waals surface area (Å²) in [6.07, 6.45) is 6.50. The van der Waals surface area contributed by atoms with Crippen LogP contribution >= 0.6 is 11.6 Å². The van der Waals surface area contributed by atoms with Crippen molar-refractivity contribution >= 4 is 11.6 Å². The van der Waals surface area contributed by atoms with Crippen LogP contribution in [0, 0.1) is 18.8 Å². The van der Waals surface area contributed by atoms with Gasteiger partial charge in [-0.1, -0.05) is 31.4 Å². The zero-order valence-electron chi connectivity index (χ0n) is 12.4. The third-order valence-electron chi connectivity index (χ3n) is 4.44. The fourth-order valence-corrected chi connectivity index (χ4v) is 3.54. The second-order valence-electron chi connectivity index (χ2n) is 5.79. The van der Waals surface area contributed by atoms with Crippen LogP contribution in [-0.2, 0) is 13.5 Å². The van der Waals surface area contributed by atoms with Crippen LogP contribution in [0.2, 0.25) is 5.02 Å². The Morgan fingerprint density at radius 1 is 1.32 bits per heavy atom. The van der Waals surface area contributed by atoms with Gasteiger partial charge in [0.1, 0.15) is 0 Å². The summed E-state index contributed by atoms with van der Waals surface area (Å²) < 4.78 is 1.97. The maximum Gasteiger partial charge on any atom is 0.0847 e. The highest BCUT2D eigenvalue weighted by atomic mass is 35.5. The van der Waals surface area contributed by atoms with Crippen molar-refractivity contribution in [2.45, 2.75) is 46.0 Å². The Bertz CT molecular complexity index is 414. The van der Waals surface area contributed by atoms with Gasteiger partial charge < -0.3 is 5.32 Å². The smallest absolute Gasteiger partial charge is 0.0847 e. The first-order valence-electron chi connectivity index (χ1n) is 7.52. The van der Waals surface area contributed by atoms with Crippen molar-refractivity contribution in [2.75, 3.05) is 13.1 Å². The minimum Gasteiger partial charge on any atom is -0.317 e. The molecule has 0 aromatic carbocycles. The summed E-state index contributed by atoms with van der Waals surface area (Å²) in [5.41, 5.74) is 2.17. The molecule has 2 rings (SSSR count). The quantitative estimate of drug-likeness (QED) is 0.898. The van der Waals surface area contributed by atoms with E-state index in [0.717, 1.165) is 42.1 Å². The third-order valence-corrected chi connectivity index (χ3v) is 4.93. The van der Waals surface area contributed by atoms with Crippen molar-refractivity contribution in [2.24, 2.45) is 18.9 Å². The molecular formula is C15H26ClN3. The summed E-state index contributed by atoms with van der Waals surface area (Å²) in [6, 6.07) is 0. The molecule has 0 radical (unpaired) electrons.